The average Bonchev–Trinajstić information content (AvgIpc) is 3.49. The lowest BCUT2D eigenvalue weighted by molar-refractivity contribution is 0.253. The summed E-state index contributed by atoms with van der Waals surface area (Å²) in [6.45, 7) is 5.47. The summed E-state index contributed by atoms with van der Waals surface area (Å²) in [5.41, 5.74) is 6.18. The molecule has 2 aliphatic heterocycles. The average molecular weight is 445 g/mol. The van der Waals surface area contributed by atoms with Gasteiger partial charge >= 0.3 is 0 Å². The van der Waals surface area contributed by atoms with E-state index in [1.54, 1.807) is 6.07 Å². The Morgan fingerprint density at radius 2 is 1.88 bits per heavy atom. The van der Waals surface area contributed by atoms with Crippen molar-refractivity contribution in [3.8, 4) is 5.69 Å². The number of aromatic amines is 1. The van der Waals surface area contributed by atoms with Gasteiger partial charge < -0.3 is 9.88 Å². The SMILES string of the molecule is Fc1ccc2[nH]cc(CCCCN3CCN(c4ccc5c(c4)CCc4nncn4-5)CC3)c2c1. The van der Waals surface area contributed by atoms with E-state index in [0.717, 1.165) is 75.1 Å². The van der Waals surface area contributed by atoms with Gasteiger partial charge in [-0.05, 0) is 79.8 Å². The smallest absolute Gasteiger partial charge is 0.137 e. The normalized spacial score (nSPS) is 16.2. The van der Waals surface area contributed by atoms with Gasteiger partial charge in [-0.3, -0.25) is 9.47 Å². The highest BCUT2D eigenvalue weighted by Crippen LogP contribution is 2.28. The number of fused-ring (bicyclic) bond motifs is 4. The Balaban J connectivity index is 0.997. The number of nitrogens with zero attached hydrogens (tertiary/aromatic N) is 5. The molecule has 0 radical (unpaired) electrons. The monoisotopic (exact) mass is 444 g/mol. The van der Waals surface area contributed by atoms with E-state index in [-0.39, 0.29) is 5.82 Å². The molecule has 0 amide bonds. The zero-order valence-corrected chi connectivity index (χ0v) is 18.8. The molecule has 33 heavy (non-hydrogen) atoms. The second kappa shape index (κ2) is 8.63. The van der Waals surface area contributed by atoms with Crippen LogP contribution in [0.2, 0.25) is 0 Å². The molecule has 1 N–H and O–H groups in total. The second-order valence-electron chi connectivity index (χ2n) is 9.22. The number of halogens is 1. The van der Waals surface area contributed by atoms with Crippen LogP contribution >= 0.6 is 0 Å². The van der Waals surface area contributed by atoms with Gasteiger partial charge in [-0.1, -0.05) is 0 Å². The maximum atomic E-state index is 13.6. The zero-order valence-electron chi connectivity index (χ0n) is 18.8. The fraction of sp³-hybridized carbons (Fsp3) is 0.385. The molecule has 0 unspecified atom stereocenters. The van der Waals surface area contributed by atoms with E-state index in [2.05, 4.69) is 47.7 Å². The Kier molecular flexibility index (Phi) is 5.34. The van der Waals surface area contributed by atoms with Crippen LogP contribution < -0.4 is 4.90 Å². The lowest BCUT2D eigenvalue weighted by Crippen LogP contribution is -2.46. The molecule has 0 aliphatic carbocycles. The number of hydrogen-bond acceptors (Lipinski definition) is 4. The number of rotatable bonds is 6. The van der Waals surface area contributed by atoms with E-state index in [9.17, 15) is 4.39 Å². The molecule has 0 saturated carbocycles. The third kappa shape index (κ3) is 4.02. The van der Waals surface area contributed by atoms with Crippen molar-refractivity contribution in [3.63, 3.8) is 0 Å². The van der Waals surface area contributed by atoms with Crippen molar-refractivity contribution in [3.05, 3.63) is 71.7 Å². The maximum Gasteiger partial charge on any atom is 0.137 e. The molecule has 7 heteroatoms. The third-order valence-electron chi connectivity index (χ3n) is 7.20. The van der Waals surface area contributed by atoms with Gasteiger partial charge in [0.1, 0.15) is 18.0 Å². The number of aromatic nitrogens is 4. The fourth-order valence-electron chi connectivity index (χ4n) is 5.32. The number of nitrogens with one attached hydrogen (secondary N) is 1. The van der Waals surface area contributed by atoms with Crippen LogP contribution in [-0.4, -0.2) is 57.4 Å². The summed E-state index contributed by atoms with van der Waals surface area (Å²) in [6, 6.07) is 11.8. The summed E-state index contributed by atoms with van der Waals surface area (Å²) in [4.78, 5) is 8.35. The predicted molar refractivity (Wildman–Crippen MR) is 129 cm³/mol. The fourth-order valence-corrected chi connectivity index (χ4v) is 5.32. The molecule has 0 bridgehead atoms. The van der Waals surface area contributed by atoms with Crippen molar-refractivity contribution >= 4 is 16.6 Å². The molecule has 4 heterocycles. The van der Waals surface area contributed by atoms with E-state index in [1.165, 1.54) is 35.0 Å². The summed E-state index contributed by atoms with van der Waals surface area (Å²) in [5, 5.41) is 9.31. The summed E-state index contributed by atoms with van der Waals surface area (Å²) in [6.07, 6.45) is 9.13. The molecular weight excluding hydrogens is 415 g/mol. The highest BCUT2D eigenvalue weighted by atomic mass is 19.1. The molecule has 2 aliphatic rings. The van der Waals surface area contributed by atoms with Gasteiger partial charge in [0.15, 0.2) is 0 Å². The number of H-pyrrole nitrogens is 1. The molecule has 0 atom stereocenters. The van der Waals surface area contributed by atoms with Gasteiger partial charge in [-0.2, -0.15) is 0 Å². The largest absolute Gasteiger partial charge is 0.369 e. The summed E-state index contributed by atoms with van der Waals surface area (Å²) in [5.74, 6) is 0.893. The summed E-state index contributed by atoms with van der Waals surface area (Å²) >= 11 is 0. The van der Waals surface area contributed by atoms with E-state index < -0.39 is 0 Å². The first kappa shape index (κ1) is 20.4. The minimum atomic E-state index is -0.163. The molecule has 0 spiro atoms. The van der Waals surface area contributed by atoms with Crippen LogP contribution in [0.1, 0.15) is 29.8 Å². The highest BCUT2D eigenvalue weighted by Gasteiger charge is 2.21. The third-order valence-corrected chi connectivity index (χ3v) is 7.20. The summed E-state index contributed by atoms with van der Waals surface area (Å²) in [7, 11) is 0. The van der Waals surface area contributed by atoms with Crippen molar-refractivity contribution in [1.29, 1.82) is 0 Å². The first-order valence-corrected chi connectivity index (χ1v) is 12.0. The van der Waals surface area contributed by atoms with Crippen LogP contribution in [0.25, 0.3) is 16.6 Å². The lowest BCUT2D eigenvalue weighted by atomic mass is 10.0. The van der Waals surface area contributed by atoms with Gasteiger partial charge in [0.25, 0.3) is 0 Å². The van der Waals surface area contributed by atoms with Crippen LogP contribution in [0, 0.1) is 5.82 Å². The molecule has 6 rings (SSSR count). The van der Waals surface area contributed by atoms with Gasteiger partial charge in [-0.25, -0.2) is 4.39 Å². The molecule has 2 aromatic heterocycles. The predicted octanol–water partition coefficient (Wildman–Crippen LogP) is 4.13. The number of hydrogen-bond donors (Lipinski definition) is 1. The van der Waals surface area contributed by atoms with Crippen LogP contribution in [0.15, 0.2) is 48.9 Å². The van der Waals surface area contributed by atoms with E-state index in [4.69, 9.17) is 0 Å². The Morgan fingerprint density at radius 3 is 2.79 bits per heavy atom. The van der Waals surface area contributed by atoms with Crippen molar-refractivity contribution in [2.75, 3.05) is 37.6 Å². The van der Waals surface area contributed by atoms with Crippen LogP contribution in [-0.2, 0) is 19.3 Å². The van der Waals surface area contributed by atoms with Crippen LogP contribution in [0.3, 0.4) is 0 Å². The van der Waals surface area contributed by atoms with Gasteiger partial charge in [0.2, 0.25) is 0 Å². The Bertz CT molecular complexity index is 1270. The van der Waals surface area contributed by atoms with E-state index in [0.29, 0.717) is 0 Å². The van der Waals surface area contributed by atoms with Crippen molar-refractivity contribution in [2.24, 2.45) is 0 Å². The molecule has 1 fully saturated rings. The molecule has 170 valence electrons. The number of aryl methyl sites for hydroxylation is 3. The van der Waals surface area contributed by atoms with Crippen molar-refractivity contribution < 1.29 is 4.39 Å². The second-order valence-corrected chi connectivity index (χ2v) is 9.22. The van der Waals surface area contributed by atoms with E-state index >= 15 is 0 Å². The van der Waals surface area contributed by atoms with Gasteiger partial charge in [-0.15, -0.1) is 10.2 Å². The van der Waals surface area contributed by atoms with Gasteiger partial charge in [0.05, 0.1) is 5.69 Å². The molecular formula is C26H29FN6. The number of benzene rings is 2. The summed E-state index contributed by atoms with van der Waals surface area (Å²) < 4.78 is 15.7. The highest BCUT2D eigenvalue weighted by molar-refractivity contribution is 5.83. The minimum Gasteiger partial charge on any atom is -0.369 e. The van der Waals surface area contributed by atoms with Crippen molar-refractivity contribution in [1.82, 2.24) is 24.6 Å². The van der Waals surface area contributed by atoms with Gasteiger partial charge in [0, 0.05) is 55.4 Å². The Hall–Kier alpha value is -3.19. The quantitative estimate of drug-likeness (QED) is 0.455. The van der Waals surface area contributed by atoms with Crippen LogP contribution in [0.5, 0.6) is 0 Å². The molecule has 4 aromatic rings. The molecule has 6 nitrogen and oxygen atoms in total. The molecule has 1 saturated heterocycles. The zero-order chi connectivity index (χ0) is 22.2. The Labute approximate surface area is 193 Å². The van der Waals surface area contributed by atoms with Crippen molar-refractivity contribution in [2.45, 2.75) is 32.1 Å². The number of unbranched alkanes of at least 4 members (excludes halogenated alkanes) is 1. The minimum absolute atomic E-state index is 0.163. The topological polar surface area (TPSA) is 53.0 Å². The molecule has 2 aromatic carbocycles. The number of piperazine rings is 1. The lowest BCUT2D eigenvalue weighted by Gasteiger charge is -2.36. The van der Waals surface area contributed by atoms with E-state index in [1.807, 2.05) is 18.6 Å². The first-order chi connectivity index (χ1) is 16.2. The number of anilines is 1. The van der Waals surface area contributed by atoms with Crippen LogP contribution in [0.4, 0.5) is 10.1 Å². The maximum absolute atomic E-state index is 13.6. The first-order valence-electron chi connectivity index (χ1n) is 12.0. The Morgan fingerprint density at radius 1 is 0.970 bits per heavy atom. The standard InChI is InChI=1S/C26H29FN6/c27-21-5-7-24-23(16-21)20(17-28-24)3-1-2-10-31-11-13-32(14-12-31)22-6-8-25-19(15-22)4-9-26-30-29-18-33(25)26/h5-8,15-18,28H,1-4,9-14H2.